The molecular formula is C8H14N2O2S. The number of thiazole rings is 1. The van der Waals surface area contributed by atoms with Crippen LogP contribution in [0.2, 0.25) is 0 Å². The first-order valence-corrected chi connectivity index (χ1v) is 5.19. The molecule has 0 bridgehead atoms. The maximum atomic E-state index is 10.7. The average Bonchev–Trinajstić information content (AvgIpc) is 2.51. The van der Waals surface area contributed by atoms with E-state index in [-0.39, 0.29) is 11.5 Å². The molecule has 0 saturated carbocycles. The van der Waals surface area contributed by atoms with Crippen molar-refractivity contribution in [1.29, 1.82) is 0 Å². The van der Waals surface area contributed by atoms with Crippen LogP contribution < -0.4 is 10.2 Å². The van der Waals surface area contributed by atoms with E-state index in [1.807, 2.05) is 5.38 Å². The lowest BCUT2D eigenvalue weighted by Crippen LogP contribution is -2.15. The molecule has 13 heavy (non-hydrogen) atoms. The van der Waals surface area contributed by atoms with Crippen LogP contribution in [0.5, 0.6) is 0 Å². The summed E-state index contributed by atoms with van der Waals surface area (Å²) >= 11 is 1.18. The average molecular weight is 202 g/mol. The molecule has 1 rings (SSSR count). The third-order valence-corrected chi connectivity index (χ3v) is 2.37. The molecule has 0 aliphatic heterocycles. The fourth-order valence-electron chi connectivity index (χ4n) is 0.985. The highest BCUT2D eigenvalue weighted by Crippen LogP contribution is 1.94. The number of rotatable bonds is 6. The molecule has 0 spiro atoms. The number of aromatic amines is 1. The second kappa shape index (κ2) is 5.90. The van der Waals surface area contributed by atoms with Gasteiger partial charge in [-0.25, -0.2) is 0 Å². The minimum Gasteiger partial charge on any atom is -0.396 e. The van der Waals surface area contributed by atoms with E-state index < -0.39 is 0 Å². The zero-order valence-corrected chi connectivity index (χ0v) is 8.19. The molecule has 0 fully saturated rings. The first-order chi connectivity index (χ1) is 6.33. The van der Waals surface area contributed by atoms with E-state index in [0.717, 1.165) is 25.1 Å². The summed E-state index contributed by atoms with van der Waals surface area (Å²) in [4.78, 5) is 13.4. The van der Waals surface area contributed by atoms with Crippen molar-refractivity contribution in [3.8, 4) is 0 Å². The topological polar surface area (TPSA) is 65.1 Å². The van der Waals surface area contributed by atoms with Crippen LogP contribution in [0.4, 0.5) is 0 Å². The summed E-state index contributed by atoms with van der Waals surface area (Å²) < 4.78 is 0. The second-order valence-corrected chi connectivity index (χ2v) is 3.62. The van der Waals surface area contributed by atoms with Crippen LogP contribution in [0, 0.1) is 0 Å². The highest BCUT2D eigenvalue weighted by molar-refractivity contribution is 7.07. The lowest BCUT2D eigenvalue weighted by molar-refractivity contribution is 0.283. The molecule has 0 aromatic carbocycles. The molecule has 1 heterocycles. The molecule has 0 aliphatic carbocycles. The van der Waals surface area contributed by atoms with Crippen molar-refractivity contribution in [3.05, 3.63) is 20.7 Å². The van der Waals surface area contributed by atoms with Crippen LogP contribution in [-0.4, -0.2) is 23.2 Å². The Labute approximate surface area is 80.6 Å². The third kappa shape index (κ3) is 4.21. The molecule has 1 aromatic rings. The number of aliphatic hydroxyl groups is 1. The summed E-state index contributed by atoms with van der Waals surface area (Å²) in [6.45, 7) is 1.82. The molecule has 0 unspecified atom stereocenters. The Kier molecular flexibility index (Phi) is 4.74. The quantitative estimate of drug-likeness (QED) is 0.581. The van der Waals surface area contributed by atoms with Crippen molar-refractivity contribution in [2.24, 2.45) is 0 Å². The summed E-state index contributed by atoms with van der Waals surface area (Å²) in [6, 6.07) is 0. The van der Waals surface area contributed by atoms with Gasteiger partial charge in [-0.1, -0.05) is 11.3 Å². The maximum Gasteiger partial charge on any atom is 0.304 e. The smallest absolute Gasteiger partial charge is 0.304 e. The largest absolute Gasteiger partial charge is 0.396 e. The van der Waals surface area contributed by atoms with E-state index in [2.05, 4.69) is 10.3 Å². The molecule has 0 saturated heterocycles. The summed E-state index contributed by atoms with van der Waals surface area (Å²) in [5.74, 6) is 0. The van der Waals surface area contributed by atoms with Gasteiger partial charge in [0.15, 0.2) is 0 Å². The van der Waals surface area contributed by atoms with Gasteiger partial charge in [-0.3, -0.25) is 4.79 Å². The van der Waals surface area contributed by atoms with Crippen molar-refractivity contribution < 1.29 is 5.11 Å². The Balaban J connectivity index is 2.09. The molecule has 74 valence electrons. The molecule has 0 amide bonds. The molecule has 0 atom stereocenters. The summed E-state index contributed by atoms with van der Waals surface area (Å²) in [5.41, 5.74) is 0.930. The number of hydrogen-bond acceptors (Lipinski definition) is 4. The van der Waals surface area contributed by atoms with Gasteiger partial charge in [-0.15, -0.1) is 0 Å². The van der Waals surface area contributed by atoms with E-state index in [0.29, 0.717) is 6.54 Å². The predicted octanol–water partition coefficient (Wildman–Crippen LogP) is 0.299. The fourth-order valence-corrected chi connectivity index (χ4v) is 1.57. The predicted molar refractivity (Wildman–Crippen MR) is 53.0 cm³/mol. The van der Waals surface area contributed by atoms with E-state index in [1.165, 1.54) is 11.3 Å². The van der Waals surface area contributed by atoms with E-state index in [4.69, 9.17) is 5.11 Å². The van der Waals surface area contributed by atoms with Gasteiger partial charge >= 0.3 is 4.87 Å². The lowest BCUT2D eigenvalue weighted by Gasteiger charge is -2.00. The van der Waals surface area contributed by atoms with Gasteiger partial charge in [0.05, 0.1) is 0 Å². The van der Waals surface area contributed by atoms with Crippen molar-refractivity contribution >= 4 is 11.3 Å². The molecule has 0 radical (unpaired) electrons. The van der Waals surface area contributed by atoms with Gasteiger partial charge in [0.25, 0.3) is 0 Å². The zero-order valence-electron chi connectivity index (χ0n) is 7.38. The summed E-state index contributed by atoms with van der Waals surface area (Å²) in [5, 5.41) is 13.5. The molecule has 1 aromatic heterocycles. The fraction of sp³-hybridized carbons (Fsp3) is 0.625. The van der Waals surface area contributed by atoms with Gasteiger partial charge in [0.2, 0.25) is 0 Å². The van der Waals surface area contributed by atoms with Crippen LogP contribution in [0.25, 0.3) is 0 Å². The van der Waals surface area contributed by atoms with Crippen molar-refractivity contribution in [2.75, 3.05) is 13.2 Å². The van der Waals surface area contributed by atoms with Gasteiger partial charge < -0.3 is 15.4 Å². The molecule has 0 aliphatic rings. The number of unbranched alkanes of at least 4 members (excludes halogenated alkanes) is 1. The van der Waals surface area contributed by atoms with E-state index in [9.17, 15) is 4.79 Å². The first kappa shape index (κ1) is 10.4. The minimum absolute atomic E-state index is 0.00726. The second-order valence-electron chi connectivity index (χ2n) is 2.78. The van der Waals surface area contributed by atoms with Crippen LogP contribution in [0.1, 0.15) is 18.5 Å². The van der Waals surface area contributed by atoms with Gasteiger partial charge in [-0.2, -0.15) is 0 Å². The Bertz CT molecular complexity index is 282. The number of nitrogens with one attached hydrogen (secondary N) is 2. The molecule has 3 N–H and O–H groups in total. The molecular weight excluding hydrogens is 188 g/mol. The summed E-state index contributed by atoms with van der Waals surface area (Å²) in [7, 11) is 0. The number of hydrogen-bond donors (Lipinski definition) is 3. The SMILES string of the molecule is O=c1[nH]c(CNCCCCO)cs1. The first-order valence-electron chi connectivity index (χ1n) is 4.31. The Morgan fingerprint density at radius 3 is 3.00 bits per heavy atom. The maximum absolute atomic E-state index is 10.7. The monoisotopic (exact) mass is 202 g/mol. The van der Waals surface area contributed by atoms with Crippen molar-refractivity contribution in [1.82, 2.24) is 10.3 Å². The van der Waals surface area contributed by atoms with E-state index >= 15 is 0 Å². The lowest BCUT2D eigenvalue weighted by atomic mass is 10.3. The standard InChI is InChI=1S/C8H14N2O2S/c11-4-2-1-3-9-5-7-6-13-8(12)10-7/h6,9,11H,1-5H2,(H,10,12). The minimum atomic E-state index is -0.00726. The summed E-state index contributed by atoms with van der Waals surface area (Å²) in [6.07, 6.45) is 1.79. The number of aromatic nitrogens is 1. The highest BCUT2D eigenvalue weighted by atomic mass is 32.1. The Morgan fingerprint density at radius 1 is 1.54 bits per heavy atom. The third-order valence-electron chi connectivity index (χ3n) is 1.65. The van der Waals surface area contributed by atoms with Crippen LogP contribution in [0.3, 0.4) is 0 Å². The molecule has 4 nitrogen and oxygen atoms in total. The van der Waals surface area contributed by atoms with Gasteiger partial charge in [0, 0.05) is 24.2 Å². The Morgan fingerprint density at radius 2 is 2.38 bits per heavy atom. The van der Waals surface area contributed by atoms with Crippen LogP contribution in [-0.2, 0) is 6.54 Å². The highest BCUT2D eigenvalue weighted by Gasteiger charge is 1.94. The van der Waals surface area contributed by atoms with Crippen LogP contribution >= 0.6 is 11.3 Å². The number of H-pyrrole nitrogens is 1. The van der Waals surface area contributed by atoms with Crippen molar-refractivity contribution in [2.45, 2.75) is 19.4 Å². The van der Waals surface area contributed by atoms with Gasteiger partial charge in [0.1, 0.15) is 0 Å². The van der Waals surface area contributed by atoms with E-state index in [1.54, 1.807) is 0 Å². The normalized spacial score (nSPS) is 10.5. The number of aliphatic hydroxyl groups excluding tert-OH is 1. The van der Waals surface area contributed by atoms with Crippen LogP contribution in [0.15, 0.2) is 10.2 Å². The molecule has 5 heteroatoms. The van der Waals surface area contributed by atoms with Crippen molar-refractivity contribution in [3.63, 3.8) is 0 Å². The van der Waals surface area contributed by atoms with Gasteiger partial charge in [-0.05, 0) is 19.4 Å². The Hall–Kier alpha value is -0.650. The zero-order chi connectivity index (χ0) is 9.52.